The van der Waals surface area contributed by atoms with Gasteiger partial charge >= 0.3 is 0 Å². The summed E-state index contributed by atoms with van der Waals surface area (Å²) in [4.78, 5) is 11.1. The molecule has 0 fully saturated rings. The van der Waals surface area contributed by atoms with Crippen LogP contribution in [-0.4, -0.2) is 23.7 Å². The van der Waals surface area contributed by atoms with Crippen molar-refractivity contribution in [2.24, 2.45) is 0 Å². The molecule has 17 heavy (non-hydrogen) atoms. The summed E-state index contributed by atoms with van der Waals surface area (Å²) in [5.74, 6) is -2.32. The van der Waals surface area contributed by atoms with Crippen LogP contribution in [0.2, 0.25) is 0 Å². The molecular formula is C11H14F2N2OS. The summed E-state index contributed by atoms with van der Waals surface area (Å²) in [7, 11) is 1.82. The molecule has 0 bridgehead atoms. The predicted octanol–water partition coefficient (Wildman–Crippen LogP) is 3.09. The fraction of sp³-hybridized carbons (Fsp3) is 0.364. The van der Waals surface area contributed by atoms with Gasteiger partial charge in [0.25, 0.3) is 0 Å². The summed E-state index contributed by atoms with van der Waals surface area (Å²) in [6.07, 6.45) is 0. The number of hydrogen-bond acceptors (Lipinski definition) is 4. The second-order valence-corrected chi connectivity index (χ2v) is 4.49. The maximum Gasteiger partial charge on any atom is 0.165 e. The first-order chi connectivity index (χ1) is 7.97. The molecule has 0 aliphatic carbocycles. The van der Waals surface area contributed by atoms with E-state index >= 15 is 0 Å². The van der Waals surface area contributed by atoms with Crippen molar-refractivity contribution < 1.29 is 13.6 Å². The number of ketones is 1. The van der Waals surface area contributed by atoms with Crippen LogP contribution in [0.5, 0.6) is 0 Å². The number of carbonyl (C=O) groups excluding carboxylic acids is 1. The minimum absolute atomic E-state index is 0.0990. The first-order valence-electron chi connectivity index (χ1n) is 5.10. The first kappa shape index (κ1) is 13.9. The third-order valence-corrected chi connectivity index (χ3v) is 3.08. The molecule has 0 saturated carbocycles. The third-order valence-electron chi connectivity index (χ3n) is 2.20. The summed E-state index contributed by atoms with van der Waals surface area (Å²) in [6, 6.07) is 2.35. The minimum atomic E-state index is -0.852. The van der Waals surface area contributed by atoms with Gasteiger partial charge < -0.3 is 4.72 Å². The maximum absolute atomic E-state index is 13.8. The summed E-state index contributed by atoms with van der Waals surface area (Å²) >= 11 is 1.18. The molecule has 0 atom stereocenters. The Labute approximate surface area is 103 Å². The molecule has 0 spiro atoms. The molecule has 3 nitrogen and oxygen atoms in total. The van der Waals surface area contributed by atoms with Crippen LogP contribution < -0.4 is 4.72 Å². The zero-order valence-corrected chi connectivity index (χ0v) is 10.7. The van der Waals surface area contributed by atoms with E-state index in [2.05, 4.69) is 4.72 Å². The second kappa shape index (κ2) is 5.97. The van der Waals surface area contributed by atoms with Gasteiger partial charge in [-0.15, -0.1) is 0 Å². The van der Waals surface area contributed by atoms with E-state index in [4.69, 9.17) is 0 Å². The standard InChI is InChI=1S/C11H14F2N2OS/c1-4-15(3)17-14-9-6-5-8(12)10(7(2)16)11(9)13/h5-6,14H,4H2,1-3H3. The van der Waals surface area contributed by atoms with Gasteiger partial charge in [0.1, 0.15) is 5.82 Å². The SMILES string of the molecule is CCN(C)SNc1ccc(F)c(C(C)=O)c1F. The number of halogens is 2. The molecule has 1 aromatic carbocycles. The Balaban J connectivity index is 2.95. The van der Waals surface area contributed by atoms with E-state index in [0.717, 1.165) is 19.5 Å². The van der Waals surface area contributed by atoms with Gasteiger partial charge in [-0.25, -0.2) is 13.1 Å². The van der Waals surface area contributed by atoms with E-state index in [-0.39, 0.29) is 5.69 Å². The molecule has 0 aliphatic rings. The van der Waals surface area contributed by atoms with E-state index in [1.165, 1.54) is 18.2 Å². The van der Waals surface area contributed by atoms with Crippen LogP contribution in [0.1, 0.15) is 24.2 Å². The van der Waals surface area contributed by atoms with E-state index in [0.29, 0.717) is 0 Å². The van der Waals surface area contributed by atoms with Crippen molar-refractivity contribution in [1.29, 1.82) is 0 Å². The van der Waals surface area contributed by atoms with Crippen LogP contribution >= 0.6 is 12.1 Å². The van der Waals surface area contributed by atoms with Gasteiger partial charge in [-0.05, 0) is 26.1 Å². The number of hydrogen-bond donors (Lipinski definition) is 1. The van der Waals surface area contributed by atoms with Gasteiger partial charge in [0.2, 0.25) is 0 Å². The Morgan fingerprint density at radius 3 is 2.65 bits per heavy atom. The van der Waals surface area contributed by atoms with Gasteiger partial charge in [-0.3, -0.25) is 4.79 Å². The van der Waals surface area contributed by atoms with Gasteiger partial charge in [-0.1, -0.05) is 6.92 Å². The van der Waals surface area contributed by atoms with Gasteiger partial charge in [-0.2, -0.15) is 0 Å². The Kier molecular flexibility index (Phi) is 4.89. The third kappa shape index (κ3) is 3.41. The van der Waals surface area contributed by atoms with Crippen molar-refractivity contribution in [3.63, 3.8) is 0 Å². The first-order valence-corrected chi connectivity index (χ1v) is 5.87. The highest BCUT2D eigenvalue weighted by Crippen LogP contribution is 2.24. The maximum atomic E-state index is 13.8. The highest BCUT2D eigenvalue weighted by molar-refractivity contribution is 7.98. The molecule has 1 rings (SSSR count). The summed E-state index contributed by atoms with van der Waals surface area (Å²) in [5, 5.41) is 0. The number of nitrogens with one attached hydrogen (secondary N) is 1. The van der Waals surface area contributed by atoms with Crippen molar-refractivity contribution in [3.05, 3.63) is 29.3 Å². The molecule has 0 radical (unpaired) electrons. The lowest BCUT2D eigenvalue weighted by Gasteiger charge is -2.15. The van der Waals surface area contributed by atoms with Crippen LogP contribution in [-0.2, 0) is 0 Å². The summed E-state index contributed by atoms with van der Waals surface area (Å²) in [5.41, 5.74) is -0.406. The Morgan fingerprint density at radius 2 is 2.12 bits per heavy atom. The average Bonchev–Trinajstić information content (AvgIpc) is 2.27. The monoisotopic (exact) mass is 260 g/mol. The molecule has 0 unspecified atom stereocenters. The molecule has 0 aliphatic heterocycles. The van der Waals surface area contributed by atoms with Crippen molar-refractivity contribution in [2.75, 3.05) is 18.3 Å². The second-order valence-electron chi connectivity index (χ2n) is 3.48. The molecule has 0 aromatic heterocycles. The van der Waals surface area contributed by atoms with Gasteiger partial charge in [0, 0.05) is 18.7 Å². The number of carbonyl (C=O) groups is 1. The van der Waals surface area contributed by atoms with Crippen LogP contribution in [0.25, 0.3) is 0 Å². The highest BCUT2D eigenvalue weighted by Gasteiger charge is 2.17. The van der Waals surface area contributed by atoms with Crippen molar-refractivity contribution in [3.8, 4) is 0 Å². The predicted molar refractivity (Wildman–Crippen MR) is 65.9 cm³/mol. The number of anilines is 1. The molecule has 1 aromatic rings. The Bertz CT molecular complexity index is 426. The molecular weight excluding hydrogens is 246 g/mol. The van der Waals surface area contributed by atoms with Crippen LogP contribution in [0, 0.1) is 11.6 Å². The summed E-state index contributed by atoms with van der Waals surface area (Å²) in [6.45, 7) is 3.84. The Hall–Kier alpha value is -1.14. The number of benzene rings is 1. The fourth-order valence-electron chi connectivity index (χ4n) is 1.15. The van der Waals surface area contributed by atoms with E-state index in [9.17, 15) is 13.6 Å². The van der Waals surface area contributed by atoms with E-state index in [1.807, 2.05) is 18.3 Å². The van der Waals surface area contributed by atoms with Gasteiger partial charge in [0.05, 0.1) is 11.3 Å². The average molecular weight is 260 g/mol. The van der Waals surface area contributed by atoms with Crippen LogP contribution in [0.4, 0.5) is 14.5 Å². The molecule has 1 N–H and O–H groups in total. The lowest BCUT2D eigenvalue weighted by Crippen LogP contribution is -2.12. The fourth-order valence-corrected chi connectivity index (χ4v) is 1.69. The number of rotatable bonds is 5. The lowest BCUT2D eigenvalue weighted by molar-refractivity contribution is 0.101. The molecule has 0 amide bonds. The zero-order chi connectivity index (χ0) is 13.0. The normalized spacial score (nSPS) is 10.7. The van der Waals surface area contributed by atoms with Crippen molar-refractivity contribution >= 4 is 23.6 Å². The summed E-state index contributed by atoms with van der Waals surface area (Å²) < 4.78 is 31.6. The quantitative estimate of drug-likeness (QED) is 0.651. The smallest absolute Gasteiger partial charge is 0.165 e. The molecule has 6 heteroatoms. The highest BCUT2D eigenvalue weighted by atomic mass is 32.2. The van der Waals surface area contributed by atoms with E-state index in [1.54, 1.807) is 0 Å². The van der Waals surface area contributed by atoms with Crippen LogP contribution in [0.3, 0.4) is 0 Å². The number of nitrogens with zero attached hydrogens (tertiary/aromatic N) is 1. The molecule has 94 valence electrons. The van der Waals surface area contributed by atoms with E-state index < -0.39 is 23.0 Å². The Morgan fingerprint density at radius 1 is 1.47 bits per heavy atom. The van der Waals surface area contributed by atoms with Gasteiger partial charge in [0.15, 0.2) is 11.6 Å². The zero-order valence-electron chi connectivity index (χ0n) is 9.88. The van der Waals surface area contributed by atoms with Crippen molar-refractivity contribution in [2.45, 2.75) is 13.8 Å². The largest absolute Gasteiger partial charge is 0.314 e. The molecule has 0 heterocycles. The lowest BCUT2D eigenvalue weighted by atomic mass is 10.1. The number of Topliss-reactive ketones (excluding diaryl/α,β-unsaturated/α-hetero) is 1. The van der Waals surface area contributed by atoms with Crippen molar-refractivity contribution in [1.82, 2.24) is 4.31 Å². The minimum Gasteiger partial charge on any atom is -0.314 e. The topological polar surface area (TPSA) is 32.3 Å². The molecule has 0 saturated heterocycles. The van der Waals surface area contributed by atoms with Crippen LogP contribution in [0.15, 0.2) is 12.1 Å².